The summed E-state index contributed by atoms with van der Waals surface area (Å²) in [7, 11) is 0. The second-order valence-corrected chi connectivity index (χ2v) is 14.6. The standard InChI is InChI=1S/C46H44N2/c1-45(2,3)34-21-25-39(26-22-34)48-43-20-12-11-19-41(43)42-30-29-40(33-44(42)48)47(37-17-9-5-10-18-37)38-27-23-36(24-28-38)46(31-13-6-14-32-46)35-15-7-4-8-16-35/h4-5,7-12,15-30,33H,6,13-14,31-32H2,1-3H3. The van der Waals surface area contributed by atoms with Gasteiger partial charge in [-0.3, -0.25) is 0 Å². The molecule has 238 valence electrons. The molecule has 0 radical (unpaired) electrons. The van der Waals surface area contributed by atoms with Crippen LogP contribution in [0, 0.1) is 0 Å². The molecule has 0 atom stereocenters. The second-order valence-electron chi connectivity index (χ2n) is 14.6. The van der Waals surface area contributed by atoms with E-state index in [0.717, 1.165) is 11.4 Å². The van der Waals surface area contributed by atoms with Crippen molar-refractivity contribution >= 4 is 38.9 Å². The minimum Gasteiger partial charge on any atom is -0.310 e. The van der Waals surface area contributed by atoms with Crippen LogP contribution in [-0.4, -0.2) is 4.57 Å². The molecule has 1 fully saturated rings. The number of para-hydroxylation sites is 2. The smallest absolute Gasteiger partial charge is 0.0561 e. The van der Waals surface area contributed by atoms with Crippen LogP contribution in [0.3, 0.4) is 0 Å². The molecule has 0 bridgehead atoms. The zero-order valence-electron chi connectivity index (χ0n) is 28.4. The number of nitrogens with zero attached hydrogens (tertiary/aromatic N) is 2. The predicted molar refractivity (Wildman–Crippen MR) is 204 cm³/mol. The first-order chi connectivity index (χ1) is 23.4. The first-order valence-electron chi connectivity index (χ1n) is 17.6. The Balaban J connectivity index is 1.27. The van der Waals surface area contributed by atoms with Crippen LogP contribution in [-0.2, 0) is 10.8 Å². The van der Waals surface area contributed by atoms with Crippen molar-refractivity contribution in [1.82, 2.24) is 4.57 Å². The summed E-state index contributed by atoms with van der Waals surface area (Å²) < 4.78 is 2.43. The molecule has 1 aromatic heterocycles. The lowest BCUT2D eigenvalue weighted by atomic mass is 9.65. The molecule has 6 aromatic carbocycles. The van der Waals surface area contributed by atoms with E-state index in [1.807, 2.05) is 0 Å². The quantitative estimate of drug-likeness (QED) is 0.179. The van der Waals surface area contributed by atoms with E-state index in [4.69, 9.17) is 0 Å². The van der Waals surface area contributed by atoms with Crippen LogP contribution in [0.15, 0.2) is 152 Å². The van der Waals surface area contributed by atoms with Gasteiger partial charge in [0.2, 0.25) is 0 Å². The highest BCUT2D eigenvalue weighted by molar-refractivity contribution is 6.10. The van der Waals surface area contributed by atoms with Gasteiger partial charge in [-0.15, -0.1) is 0 Å². The van der Waals surface area contributed by atoms with Crippen LogP contribution in [0.25, 0.3) is 27.5 Å². The maximum absolute atomic E-state index is 2.43. The maximum Gasteiger partial charge on any atom is 0.0561 e. The third-order valence-corrected chi connectivity index (χ3v) is 10.6. The number of hydrogen-bond donors (Lipinski definition) is 0. The van der Waals surface area contributed by atoms with Crippen molar-refractivity contribution in [3.63, 3.8) is 0 Å². The molecule has 0 unspecified atom stereocenters. The molecule has 1 aliphatic carbocycles. The van der Waals surface area contributed by atoms with E-state index in [1.54, 1.807) is 0 Å². The minimum absolute atomic E-state index is 0.0814. The number of hydrogen-bond acceptors (Lipinski definition) is 1. The molecule has 8 rings (SSSR count). The van der Waals surface area contributed by atoms with Crippen molar-refractivity contribution in [2.45, 2.75) is 63.7 Å². The van der Waals surface area contributed by atoms with Crippen LogP contribution < -0.4 is 4.90 Å². The van der Waals surface area contributed by atoms with Crippen molar-refractivity contribution < 1.29 is 0 Å². The van der Waals surface area contributed by atoms with Crippen LogP contribution in [0.5, 0.6) is 0 Å². The third kappa shape index (κ3) is 5.30. The number of anilines is 3. The average Bonchev–Trinajstić information content (AvgIpc) is 3.46. The van der Waals surface area contributed by atoms with Crippen molar-refractivity contribution in [2.24, 2.45) is 0 Å². The Labute approximate surface area is 285 Å². The molecule has 0 N–H and O–H groups in total. The fourth-order valence-corrected chi connectivity index (χ4v) is 8.10. The lowest BCUT2D eigenvalue weighted by Gasteiger charge is -2.39. The number of fused-ring (bicyclic) bond motifs is 3. The lowest BCUT2D eigenvalue weighted by Crippen LogP contribution is -2.30. The molecule has 1 aliphatic rings. The lowest BCUT2D eigenvalue weighted by molar-refractivity contribution is 0.346. The van der Waals surface area contributed by atoms with Crippen LogP contribution in [0.4, 0.5) is 17.1 Å². The molecule has 0 aliphatic heterocycles. The number of aromatic nitrogens is 1. The summed E-state index contributed by atoms with van der Waals surface area (Å²) in [6, 6.07) is 56.4. The Kier molecular flexibility index (Phi) is 7.68. The summed E-state index contributed by atoms with van der Waals surface area (Å²) >= 11 is 0. The predicted octanol–water partition coefficient (Wildman–Crippen LogP) is 12.8. The first-order valence-corrected chi connectivity index (χ1v) is 17.6. The van der Waals surface area contributed by atoms with E-state index in [2.05, 4.69) is 182 Å². The molecule has 2 nitrogen and oxygen atoms in total. The normalized spacial score (nSPS) is 14.7. The molecule has 7 aromatic rings. The van der Waals surface area contributed by atoms with E-state index >= 15 is 0 Å². The van der Waals surface area contributed by atoms with Crippen LogP contribution in [0.1, 0.15) is 69.6 Å². The summed E-state index contributed by atoms with van der Waals surface area (Å²) in [5.41, 5.74) is 11.5. The largest absolute Gasteiger partial charge is 0.310 e. The van der Waals surface area contributed by atoms with E-state index in [-0.39, 0.29) is 10.8 Å². The van der Waals surface area contributed by atoms with Gasteiger partial charge in [0.1, 0.15) is 0 Å². The molecule has 0 spiro atoms. The topological polar surface area (TPSA) is 8.17 Å². The Morgan fingerprint density at radius 2 is 1.06 bits per heavy atom. The van der Waals surface area contributed by atoms with Gasteiger partial charge in [0.05, 0.1) is 11.0 Å². The SMILES string of the molecule is CC(C)(C)c1ccc(-n2c3ccccc3c3ccc(N(c4ccccc4)c4ccc(C5(c6ccccc6)CCCCC5)cc4)cc32)cc1. The van der Waals surface area contributed by atoms with Gasteiger partial charge in [-0.1, -0.05) is 137 Å². The Bertz CT molecular complexity index is 2160. The van der Waals surface area contributed by atoms with Crippen molar-refractivity contribution in [2.75, 3.05) is 4.90 Å². The fourth-order valence-electron chi connectivity index (χ4n) is 8.10. The summed E-state index contributed by atoms with van der Waals surface area (Å²) in [4.78, 5) is 2.41. The highest BCUT2D eigenvalue weighted by Gasteiger charge is 2.35. The van der Waals surface area contributed by atoms with E-state index in [1.165, 1.54) is 82.0 Å². The van der Waals surface area contributed by atoms with Gasteiger partial charge < -0.3 is 9.47 Å². The third-order valence-electron chi connectivity index (χ3n) is 10.6. The summed E-state index contributed by atoms with van der Waals surface area (Å²) in [5.74, 6) is 0. The highest BCUT2D eigenvalue weighted by atomic mass is 15.1. The summed E-state index contributed by atoms with van der Waals surface area (Å²) in [6.07, 6.45) is 6.29. The monoisotopic (exact) mass is 624 g/mol. The van der Waals surface area contributed by atoms with Gasteiger partial charge in [0, 0.05) is 38.9 Å². The van der Waals surface area contributed by atoms with Crippen LogP contribution >= 0.6 is 0 Å². The minimum atomic E-state index is 0.0814. The zero-order chi connectivity index (χ0) is 32.7. The molecule has 2 heteroatoms. The summed E-state index contributed by atoms with van der Waals surface area (Å²) in [6.45, 7) is 6.82. The van der Waals surface area contributed by atoms with Crippen molar-refractivity contribution in [1.29, 1.82) is 0 Å². The van der Waals surface area contributed by atoms with Gasteiger partial charge in [-0.25, -0.2) is 0 Å². The molecule has 0 saturated heterocycles. The van der Waals surface area contributed by atoms with E-state index in [0.29, 0.717) is 0 Å². The van der Waals surface area contributed by atoms with Gasteiger partial charge in [-0.2, -0.15) is 0 Å². The first kappa shape index (κ1) is 30.3. The molecular formula is C46H44N2. The molecule has 1 saturated carbocycles. The van der Waals surface area contributed by atoms with Crippen molar-refractivity contribution in [3.05, 3.63) is 168 Å². The molecule has 1 heterocycles. The zero-order valence-corrected chi connectivity index (χ0v) is 28.4. The Hall–Kier alpha value is -5.08. The Morgan fingerprint density at radius 3 is 1.75 bits per heavy atom. The van der Waals surface area contributed by atoms with Crippen LogP contribution in [0.2, 0.25) is 0 Å². The maximum atomic E-state index is 2.43. The average molecular weight is 625 g/mol. The summed E-state index contributed by atoms with van der Waals surface area (Å²) in [5, 5.41) is 2.54. The van der Waals surface area contributed by atoms with E-state index in [9.17, 15) is 0 Å². The van der Waals surface area contributed by atoms with Gasteiger partial charge in [0.25, 0.3) is 0 Å². The molecule has 0 amide bonds. The number of rotatable bonds is 6. The highest BCUT2D eigenvalue weighted by Crippen LogP contribution is 2.46. The van der Waals surface area contributed by atoms with Crippen molar-refractivity contribution in [3.8, 4) is 5.69 Å². The van der Waals surface area contributed by atoms with Gasteiger partial charge in [-0.05, 0) is 89.5 Å². The molecular weight excluding hydrogens is 581 g/mol. The van der Waals surface area contributed by atoms with E-state index < -0.39 is 0 Å². The van der Waals surface area contributed by atoms with Gasteiger partial charge >= 0.3 is 0 Å². The molecule has 48 heavy (non-hydrogen) atoms. The number of benzene rings is 6. The fraction of sp³-hybridized carbons (Fsp3) is 0.217. The Morgan fingerprint density at radius 1 is 0.500 bits per heavy atom. The second kappa shape index (κ2) is 12.2. The van der Waals surface area contributed by atoms with Gasteiger partial charge in [0.15, 0.2) is 0 Å².